The number of aromatic nitrogens is 2. The fourth-order valence-electron chi connectivity index (χ4n) is 3.53. The predicted octanol–water partition coefficient (Wildman–Crippen LogP) is 5.34. The quantitative estimate of drug-likeness (QED) is 0.487. The van der Waals surface area contributed by atoms with Crippen LogP contribution < -0.4 is 0 Å². The topological polar surface area (TPSA) is 61.4 Å². The van der Waals surface area contributed by atoms with Crippen LogP contribution in [0.15, 0.2) is 24.3 Å². The number of aromatic amines is 1. The third-order valence-electron chi connectivity index (χ3n) is 4.88. The smallest absolute Gasteiger partial charge is 0.356 e. The Kier molecular flexibility index (Phi) is 6.16. The summed E-state index contributed by atoms with van der Waals surface area (Å²) < 4.78 is 84.4. The van der Waals surface area contributed by atoms with Crippen LogP contribution >= 0.6 is 0 Å². The van der Waals surface area contributed by atoms with Gasteiger partial charge in [-0.3, -0.25) is 5.10 Å². The molecule has 0 aliphatic carbocycles. The number of nitrogens with one attached hydrogen (secondary N) is 1. The fourth-order valence-corrected chi connectivity index (χ4v) is 3.53. The summed E-state index contributed by atoms with van der Waals surface area (Å²) in [5, 5.41) is 17.0. The molecule has 0 saturated carbocycles. The number of rotatable bonds is 4. The van der Waals surface area contributed by atoms with E-state index < -0.39 is 35.5 Å². The summed E-state index contributed by atoms with van der Waals surface area (Å²) in [5.74, 6) is 0. The normalized spacial score (nSPS) is 19.7. The zero-order valence-corrected chi connectivity index (χ0v) is 17.1. The van der Waals surface area contributed by atoms with Crippen molar-refractivity contribution in [1.82, 2.24) is 15.1 Å². The van der Waals surface area contributed by atoms with Gasteiger partial charge in [-0.25, -0.2) is 4.90 Å². The number of nitrogens with zero attached hydrogens (tertiary/aromatic N) is 2. The maximum atomic E-state index is 13.1. The van der Waals surface area contributed by atoms with E-state index >= 15 is 0 Å². The minimum Gasteiger partial charge on any atom is -0.356 e. The molecule has 1 aromatic carbocycles. The van der Waals surface area contributed by atoms with Gasteiger partial charge in [0.2, 0.25) is 6.41 Å². The molecule has 1 fully saturated rings. The summed E-state index contributed by atoms with van der Waals surface area (Å²) >= 11 is 0. The largest absolute Gasteiger partial charge is 0.416 e. The first-order valence-electron chi connectivity index (χ1n) is 9.62. The molecule has 2 unspecified atom stereocenters. The highest BCUT2D eigenvalue weighted by molar-refractivity contribution is 5.62. The third kappa shape index (κ3) is 5.58. The van der Waals surface area contributed by atoms with Crippen LogP contribution in [0, 0.1) is 0 Å². The van der Waals surface area contributed by atoms with Crippen molar-refractivity contribution in [1.29, 1.82) is 0 Å². The van der Waals surface area contributed by atoms with Gasteiger partial charge in [0.1, 0.15) is 0 Å². The Hall–Kier alpha value is -2.11. The van der Waals surface area contributed by atoms with Crippen molar-refractivity contribution < 1.29 is 36.2 Å². The summed E-state index contributed by atoms with van der Waals surface area (Å²) in [6.07, 6.45) is -9.75. The van der Waals surface area contributed by atoms with Gasteiger partial charge >= 0.3 is 12.4 Å². The summed E-state index contributed by atoms with van der Waals surface area (Å²) in [7, 11) is 0. The average molecular weight is 451 g/mol. The van der Waals surface area contributed by atoms with Crippen molar-refractivity contribution in [2.24, 2.45) is 0 Å². The van der Waals surface area contributed by atoms with Crippen LogP contribution in [-0.4, -0.2) is 38.8 Å². The Morgan fingerprint density at radius 1 is 1.03 bits per heavy atom. The molecule has 2 atom stereocenters. The maximum Gasteiger partial charge on any atom is 0.416 e. The number of ether oxygens (including phenoxy) is 1. The second-order valence-electron chi connectivity index (χ2n) is 8.46. The first-order chi connectivity index (χ1) is 14.1. The molecular weight excluding hydrogens is 428 g/mol. The first kappa shape index (κ1) is 23.6. The molecule has 0 bridgehead atoms. The van der Waals surface area contributed by atoms with E-state index in [0.717, 1.165) is 6.42 Å². The predicted molar refractivity (Wildman–Crippen MR) is 99.6 cm³/mol. The molecule has 2 heterocycles. The standard InChI is InChI=1S/C20H23F6N3O2/c1-18(2,3)31-17(30)29-6-4-5-16(29)15-10-14(27-28-15)11-7-12(19(21,22)23)9-13(8-11)20(24,25)26/h7-10,16-17,30H,4-6H2,1-3H3,(H,27,28). The van der Waals surface area contributed by atoms with E-state index in [1.54, 1.807) is 25.7 Å². The van der Waals surface area contributed by atoms with Crippen LogP contribution in [0.4, 0.5) is 26.3 Å². The fraction of sp³-hybridized carbons (Fsp3) is 0.550. The van der Waals surface area contributed by atoms with E-state index in [-0.39, 0.29) is 23.4 Å². The number of likely N-dealkylation sites (tertiary alicyclic amines) is 1. The molecule has 172 valence electrons. The number of benzene rings is 1. The van der Waals surface area contributed by atoms with E-state index in [0.29, 0.717) is 30.8 Å². The van der Waals surface area contributed by atoms with E-state index in [2.05, 4.69) is 10.2 Å². The van der Waals surface area contributed by atoms with Crippen molar-refractivity contribution in [3.05, 3.63) is 41.1 Å². The van der Waals surface area contributed by atoms with Gasteiger partial charge in [-0.2, -0.15) is 31.4 Å². The minimum atomic E-state index is -4.94. The zero-order chi connectivity index (χ0) is 23.2. The Morgan fingerprint density at radius 2 is 1.61 bits per heavy atom. The second-order valence-corrected chi connectivity index (χ2v) is 8.46. The number of aliphatic hydroxyl groups excluding tert-OH is 1. The molecule has 1 aromatic heterocycles. The molecule has 2 N–H and O–H groups in total. The highest BCUT2D eigenvalue weighted by Gasteiger charge is 2.38. The molecule has 0 radical (unpaired) electrons. The zero-order valence-electron chi connectivity index (χ0n) is 17.1. The molecule has 3 rings (SSSR count). The first-order valence-corrected chi connectivity index (χ1v) is 9.62. The van der Waals surface area contributed by atoms with Crippen molar-refractivity contribution in [2.45, 2.75) is 64.0 Å². The number of hydrogen-bond donors (Lipinski definition) is 2. The number of alkyl halides is 6. The van der Waals surface area contributed by atoms with Crippen LogP contribution in [0.5, 0.6) is 0 Å². The van der Waals surface area contributed by atoms with Gasteiger partial charge in [0.05, 0.1) is 34.2 Å². The van der Waals surface area contributed by atoms with Gasteiger partial charge in [-0.15, -0.1) is 0 Å². The lowest BCUT2D eigenvalue weighted by Gasteiger charge is -2.33. The molecular formula is C20H23F6N3O2. The van der Waals surface area contributed by atoms with Gasteiger partial charge in [-0.05, 0) is 57.9 Å². The Bertz CT molecular complexity index is 885. The lowest BCUT2D eigenvalue weighted by Crippen LogP contribution is -2.41. The van der Waals surface area contributed by atoms with Gasteiger partial charge in [0.15, 0.2) is 0 Å². The maximum absolute atomic E-state index is 13.1. The molecule has 1 saturated heterocycles. The van der Waals surface area contributed by atoms with Gasteiger partial charge in [-0.1, -0.05) is 0 Å². The van der Waals surface area contributed by atoms with Crippen LogP contribution in [0.3, 0.4) is 0 Å². The minimum absolute atomic E-state index is 0.0512. The SMILES string of the molecule is CC(C)(C)OC(O)N1CCCC1c1cc(-c2cc(C(F)(F)F)cc(C(F)(F)F)c2)n[nH]1. The number of hydrogen-bond acceptors (Lipinski definition) is 4. The van der Waals surface area contributed by atoms with E-state index in [9.17, 15) is 31.4 Å². The van der Waals surface area contributed by atoms with E-state index in [4.69, 9.17) is 4.74 Å². The van der Waals surface area contributed by atoms with Gasteiger partial charge < -0.3 is 9.84 Å². The van der Waals surface area contributed by atoms with Crippen LogP contribution in [0.25, 0.3) is 11.3 Å². The molecule has 0 spiro atoms. The highest BCUT2D eigenvalue weighted by atomic mass is 19.4. The monoisotopic (exact) mass is 451 g/mol. The van der Waals surface area contributed by atoms with Crippen LogP contribution in [-0.2, 0) is 17.1 Å². The van der Waals surface area contributed by atoms with Crippen molar-refractivity contribution in [3.8, 4) is 11.3 Å². The molecule has 11 heteroatoms. The Morgan fingerprint density at radius 3 is 2.13 bits per heavy atom. The summed E-state index contributed by atoms with van der Waals surface area (Å²) in [6, 6.07) is 2.39. The van der Waals surface area contributed by atoms with Gasteiger partial charge in [0, 0.05) is 12.1 Å². The highest BCUT2D eigenvalue weighted by Crippen LogP contribution is 2.39. The van der Waals surface area contributed by atoms with E-state index in [1.807, 2.05) is 0 Å². The number of halogens is 6. The van der Waals surface area contributed by atoms with E-state index in [1.165, 1.54) is 6.07 Å². The van der Waals surface area contributed by atoms with Crippen molar-refractivity contribution in [3.63, 3.8) is 0 Å². The van der Waals surface area contributed by atoms with Crippen molar-refractivity contribution >= 4 is 0 Å². The third-order valence-corrected chi connectivity index (χ3v) is 4.88. The molecule has 5 nitrogen and oxygen atoms in total. The molecule has 1 aliphatic heterocycles. The van der Waals surface area contributed by atoms with Crippen molar-refractivity contribution in [2.75, 3.05) is 6.54 Å². The van der Waals surface area contributed by atoms with Gasteiger partial charge in [0.25, 0.3) is 0 Å². The molecule has 0 amide bonds. The van der Waals surface area contributed by atoms with Crippen LogP contribution in [0.2, 0.25) is 0 Å². The summed E-state index contributed by atoms with van der Waals surface area (Å²) in [5.41, 5.74) is -3.31. The lowest BCUT2D eigenvalue weighted by molar-refractivity contribution is -0.243. The summed E-state index contributed by atoms with van der Waals surface area (Å²) in [6.45, 7) is 5.85. The molecule has 2 aromatic rings. The lowest BCUT2D eigenvalue weighted by atomic mass is 10.0. The van der Waals surface area contributed by atoms with Crippen LogP contribution in [0.1, 0.15) is 56.5 Å². The molecule has 1 aliphatic rings. The second kappa shape index (κ2) is 8.10. The number of H-pyrrole nitrogens is 1. The average Bonchev–Trinajstić information content (AvgIpc) is 3.27. The molecule has 31 heavy (non-hydrogen) atoms. The Balaban J connectivity index is 1.93. The summed E-state index contributed by atoms with van der Waals surface area (Å²) in [4.78, 5) is 1.66. The number of aliphatic hydroxyl groups is 1. The Labute approximate surface area is 175 Å².